The molecular formula is C17H22N2O2. The highest BCUT2D eigenvalue weighted by atomic mass is 16.2. The van der Waals surface area contributed by atoms with Crippen molar-refractivity contribution in [1.82, 2.24) is 10.2 Å². The smallest absolute Gasteiger partial charge is 0.251 e. The van der Waals surface area contributed by atoms with Crippen LogP contribution < -0.4 is 5.32 Å². The lowest BCUT2D eigenvalue weighted by atomic mass is 10.1. The third kappa shape index (κ3) is 5.22. The molecule has 2 rings (SSSR count). The van der Waals surface area contributed by atoms with Crippen LogP contribution in [0.5, 0.6) is 0 Å². The van der Waals surface area contributed by atoms with E-state index < -0.39 is 0 Å². The Morgan fingerprint density at radius 3 is 2.71 bits per heavy atom. The van der Waals surface area contributed by atoms with Gasteiger partial charge in [-0.15, -0.1) is 0 Å². The molecule has 0 radical (unpaired) electrons. The predicted octanol–water partition coefficient (Wildman–Crippen LogP) is 1.24. The zero-order valence-electron chi connectivity index (χ0n) is 12.4. The summed E-state index contributed by atoms with van der Waals surface area (Å²) in [5.74, 6) is 5.75. The SMILES string of the molecule is CN(CCNC(=O)c1ccc(C#CCCO)cc1)C1CC1. The highest BCUT2D eigenvalue weighted by molar-refractivity contribution is 5.94. The molecule has 1 aromatic carbocycles. The third-order valence-corrected chi connectivity index (χ3v) is 3.54. The number of benzene rings is 1. The fourth-order valence-electron chi connectivity index (χ4n) is 2.07. The number of aliphatic hydroxyl groups is 1. The third-order valence-electron chi connectivity index (χ3n) is 3.54. The van der Waals surface area contributed by atoms with E-state index in [9.17, 15) is 4.79 Å². The molecule has 0 saturated heterocycles. The van der Waals surface area contributed by atoms with E-state index >= 15 is 0 Å². The first-order valence-electron chi connectivity index (χ1n) is 7.39. The summed E-state index contributed by atoms with van der Waals surface area (Å²) in [7, 11) is 2.10. The summed E-state index contributed by atoms with van der Waals surface area (Å²) in [5, 5.41) is 11.6. The summed E-state index contributed by atoms with van der Waals surface area (Å²) in [6.07, 6.45) is 3.03. The van der Waals surface area contributed by atoms with Crippen LogP contribution in [-0.4, -0.2) is 48.7 Å². The molecule has 0 heterocycles. The second-order valence-corrected chi connectivity index (χ2v) is 5.32. The topological polar surface area (TPSA) is 52.6 Å². The second kappa shape index (κ2) is 7.82. The molecule has 1 aliphatic rings. The minimum Gasteiger partial charge on any atom is -0.395 e. The van der Waals surface area contributed by atoms with Crippen LogP contribution in [0.15, 0.2) is 24.3 Å². The number of nitrogens with one attached hydrogen (secondary N) is 1. The largest absolute Gasteiger partial charge is 0.395 e. The Kier molecular flexibility index (Phi) is 5.79. The van der Waals surface area contributed by atoms with Crippen molar-refractivity contribution in [2.24, 2.45) is 0 Å². The van der Waals surface area contributed by atoms with Gasteiger partial charge in [0.25, 0.3) is 5.91 Å². The van der Waals surface area contributed by atoms with Crippen LogP contribution in [0, 0.1) is 11.8 Å². The molecule has 21 heavy (non-hydrogen) atoms. The van der Waals surface area contributed by atoms with Crippen molar-refractivity contribution in [3.63, 3.8) is 0 Å². The van der Waals surface area contributed by atoms with Gasteiger partial charge in [-0.2, -0.15) is 0 Å². The molecule has 0 atom stereocenters. The van der Waals surface area contributed by atoms with Gasteiger partial charge in [-0.1, -0.05) is 11.8 Å². The molecule has 0 aromatic heterocycles. The molecule has 112 valence electrons. The minimum atomic E-state index is -0.0472. The summed E-state index contributed by atoms with van der Waals surface area (Å²) in [4.78, 5) is 14.3. The molecule has 1 aliphatic carbocycles. The van der Waals surface area contributed by atoms with Crippen molar-refractivity contribution < 1.29 is 9.90 Å². The highest BCUT2D eigenvalue weighted by Gasteiger charge is 2.25. The average molecular weight is 286 g/mol. The molecule has 0 bridgehead atoms. The van der Waals surface area contributed by atoms with E-state index in [0.29, 0.717) is 18.5 Å². The van der Waals surface area contributed by atoms with Crippen molar-refractivity contribution in [3.8, 4) is 11.8 Å². The Morgan fingerprint density at radius 1 is 1.38 bits per heavy atom. The maximum atomic E-state index is 12.0. The summed E-state index contributed by atoms with van der Waals surface area (Å²) in [6, 6.07) is 7.94. The first-order chi connectivity index (χ1) is 10.2. The quantitative estimate of drug-likeness (QED) is 0.774. The van der Waals surface area contributed by atoms with Gasteiger partial charge >= 0.3 is 0 Å². The summed E-state index contributed by atoms with van der Waals surface area (Å²) in [5.41, 5.74) is 1.50. The average Bonchev–Trinajstić information content (AvgIpc) is 3.32. The minimum absolute atomic E-state index is 0.0472. The van der Waals surface area contributed by atoms with E-state index in [0.717, 1.165) is 18.2 Å². The fourth-order valence-corrected chi connectivity index (χ4v) is 2.07. The van der Waals surface area contributed by atoms with Crippen LogP contribution >= 0.6 is 0 Å². The van der Waals surface area contributed by atoms with Gasteiger partial charge in [-0.3, -0.25) is 4.79 Å². The molecule has 4 heteroatoms. The number of aliphatic hydroxyl groups excluding tert-OH is 1. The number of carbonyl (C=O) groups excluding carboxylic acids is 1. The molecule has 1 aromatic rings. The maximum absolute atomic E-state index is 12.0. The van der Waals surface area contributed by atoms with Crippen LogP contribution in [0.25, 0.3) is 0 Å². The normalized spacial score (nSPS) is 13.7. The van der Waals surface area contributed by atoms with Crippen LogP contribution in [0.2, 0.25) is 0 Å². The van der Waals surface area contributed by atoms with E-state index in [1.165, 1.54) is 12.8 Å². The summed E-state index contributed by atoms with van der Waals surface area (Å²) < 4.78 is 0. The molecular weight excluding hydrogens is 264 g/mol. The predicted molar refractivity (Wildman–Crippen MR) is 83.0 cm³/mol. The molecule has 1 saturated carbocycles. The van der Waals surface area contributed by atoms with Gasteiger partial charge in [0.2, 0.25) is 0 Å². The van der Waals surface area contributed by atoms with E-state index in [2.05, 4.69) is 29.1 Å². The van der Waals surface area contributed by atoms with Gasteiger partial charge in [0.15, 0.2) is 0 Å². The monoisotopic (exact) mass is 286 g/mol. The molecule has 0 unspecified atom stereocenters. The van der Waals surface area contributed by atoms with Crippen molar-refractivity contribution in [3.05, 3.63) is 35.4 Å². The van der Waals surface area contributed by atoms with E-state index in [4.69, 9.17) is 5.11 Å². The summed E-state index contributed by atoms with van der Waals surface area (Å²) >= 11 is 0. The van der Waals surface area contributed by atoms with Gasteiger partial charge < -0.3 is 15.3 Å². The second-order valence-electron chi connectivity index (χ2n) is 5.32. The first kappa shape index (κ1) is 15.6. The highest BCUT2D eigenvalue weighted by Crippen LogP contribution is 2.24. The number of rotatable bonds is 6. The number of hydrogen-bond acceptors (Lipinski definition) is 3. The van der Waals surface area contributed by atoms with Gasteiger partial charge in [-0.05, 0) is 44.2 Å². The number of likely N-dealkylation sites (N-methyl/N-ethyl adjacent to an activating group) is 1. The van der Waals surface area contributed by atoms with E-state index in [-0.39, 0.29) is 12.5 Å². The molecule has 0 aliphatic heterocycles. The summed E-state index contributed by atoms with van der Waals surface area (Å²) in [6.45, 7) is 1.63. The molecule has 1 amide bonds. The van der Waals surface area contributed by atoms with Crippen molar-refractivity contribution >= 4 is 5.91 Å². The maximum Gasteiger partial charge on any atom is 0.251 e. The Labute approximate surface area is 126 Å². The standard InChI is InChI=1S/C17H22N2O2/c1-19(16-9-10-16)12-11-18-17(21)15-7-5-14(6-8-15)4-2-3-13-20/h5-8,16,20H,3,9-13H2,1H3,(H,18,21). The van der Waals surface area contributed by atoms with Gasteiger partial charge in [-0.25, -0.2) is 0 Å². The van der Waals surface area contributed by atoms with Crippen LogP contribution in [0.4, 0.5) is 0 Å². The van der Waals surface area contributed by atoms with Crippen LogP contribution in [-0.2, 0) is 0 Å². The van der Waals surface area contributed by atoms with Gasteiger partial charge in [0, 0.05) is 36.7 Å². The molecule has 2 N–H and O–H groups in total. The van der Waals surface area contributed by atoms with Crippen molar-refractivity contribution in [1.29, 1.82) is 0 Å². The fraction of sp³-hybridized carbons (Fsp3) is 0.471. The lowest BCUT2D eigenvalue weighted by Crippen LogP contribution is -2.33. The number of carbonyl (C=O) groups is 1. The van der Waals surface area contributed by atoms with Gasteiger partial charge in [0.05, 0.1) is 6.61 Å². The zero-order valence-corrected chi connectivity index (χ0v) is 12.4. The molecule has 4 nitrogen and oxygen atoms in total. The molecule has 0 spiro atoms. The Bertz CT molecular complexity index is 524. The lowest BCUT2D eigenvalue weighted by molar-refractivity contribution is 0.0949. The van der Waals surface area contributed by atoms with E-state index in [1.807, 2.05) is 12.1 Å². The van der Waals surface area contributed by atoms with Crippen molar-refractivity contribution in [2.75, 3.05) is 26.7 Å². The van der Waals surface area contributed by atoms with Crippen LogP contribution in [0.1, 0.15) is 35.2 Å². The van der Waals surface area contributed by atoms with Crippen LogP contribution in [0.3, 0.4) is 0 Å². The number of hydrogen-bond donors (Lipinski definition) is 2. The Balaban J connectivity index is 1.78. The zero-order chi connectivity index (χ0) is 15.1. The first-order valence-corrected chi connectivity index (χ1v) is 7.39. The molecule has 1 fully saturated rings. The Morgan fingerprint density at radius 2 is 2.10 bits per heavy atom. The van der Waals surface area contributed by atoms with Crippen molar-refractivity contribution in [2.45, 2.75) is 25.3 Å². The Hall–Kier alpha value is -1.83. The van der Waals surface area contributed by atoms with Gasteiger partial charge in [0.1, 0.15) is 0 Å². The van der Waals surface area contributed by atoms with E-state index in [1.54, 1.807) is 12.1 Å². The number of nitrogens with zero attached hydrogens (tertiary/aromatic N) is 1. The number of amides is 1. The lowest BCUT2D eigenvalue weighted by Gasteiger charge is -2.15.